The zero-order valence-electron chi connectivity index (χ0n) is 13.4. The summed E-state index contributed by atoms with van der Waals surface area (Å²) in [7, 11) is 2.15. The first kappa shape index (κ1) is 13.9. The summed E-state index contributed by atoms with van der Waals surface area (Å²) in [6.45, 7) is 7.73. The molecule has 0 saturated carbocycles. The van der Waals surface area contributed by atoms with Crippen molar-refractivity contribution in [2.75, 3.05) is 18.5 Å². The molecule has 0 saturated heterocycles. The molecule has 1 heterocycles. The van der Waals surface area contributed by atoms with E-state index in [4.69, 9.17) is 0 Å². The van der Waals surface area contributed by atoms with Gasteiger partial charge >= 0.3 is 0 Å². The van der Waals surface area contributed by atoms with Crippen LogP contribution in [0.15, 0.2) is 54.6 Å². The quantitative estimate of drug-likeness (QED) is 0.719. The first-order valence-electron chi connectivity index (χ1n) is 7.58. The number of para-hydroxylation sites is 1. The van der Waals surface area contributed by atoms with Gasteiger partial charge in [0.25, 0.3) is 0 Å². The van der Waals surface area contributed by atoms with E-state index in [9.17, 15) is 0 Å². The Morgan fingerprint density at radius 3 is 2.24 bits per heavy atom. The van der Waals surface area contributed by atoms with Gasteiger partial charge in [-0.2, -0.15) is 0 Å². The number of likely N-dealkylation sites (N-methyl/N-ethyl adjacent to an activating group) is 1. The van der Waals surface area contributed by atoms with Crippen molar-refractivity contribution < 1.29 is 0 Å². The van der Waals surface area contributed by atoms with Gasteiger partial charge in [0.15, 0.2) is 0 Å². The molecule has 2 aromatic carbocycles. The summed E-state index contributed by atoms with van der Waals surface area (Å²) in [6, 6.07) is 17.7. The average molecular weight is 277 g/mol. The number of hydrogen-bond acceptors (Lipinski definition) is 1. The molecule has 0 bridgehead atoms. The van der Waals surface area contributed by atoms with E-state index < -0.39 is 0 Å². The maximum Gasteiger partial charge on any atom is 0.0446 e. The van der Waals surface area contributed by atoms with Crippen LogP contribution in [0.4, 0.5) is 5.69 Å². The Morgan fingerprint density at radius 2 is 1.57 bits per heavy atom. The minimum absolute atomic E-state index is 0.206. The van der Waals surface area contributed by atoms with E-state index in [1.165, 1.54) is 28.0 Å². The molecule has 0 aliphatic carbocycles. The Kier molecular flexibility index (Phi) is 3.36. The van der Waals surface area contributed by atoms with E-state index in [1.807, 2.05) is 0 Å². The fourth-order valence-electron chi connectivity index (χ4n) is 2.89. The maximum atomic E-state index is 2.33. The zero-order chi connectivity index (χ0) is 15.0. The molecule has 21 heavy (non-hydrogen) atoms. The van der Waals surface area contributed by atoms with Crippen LogP contribution in [-0.4, -0.2) is 13.6 Å². The third-order valence-electron chi connectivity index (χ3n) is 4.24. The highest BCUT2D eigenvalue weighted by Gasteiger charge is 2.18. The molecule has 0 atom stereocenters. The summed E-state index contributed by atoms with van der Waals surface area (Å²) in [5, 5.41) is 0. The van der Waals surface area contributed by atoms with E-state index >= 15 is 0 Å². The van der Waals surface area contributed by atoms with Gasteiger partial charge in [0.05, 0.1) is 0 Å². The number of rotatable bonds is 1. The minimum Gasteiger partial charge on any atom is -0.370 e. The van der Waals surface area contributed by atoms with Crippen molar-refractivity contribution in [2.45, 2.75) is 26.2 Å². The third-order valence-corrected chi connectivity index (χ3v) is 4.24. The van der Waals surface area contributed by atoms with Crippen LogP contribution in [-0.2, 0) is 5.41 Å². The molecule has 0 radical (unpaired) electrons. The summed E-state index contributed by atoms with van der Waals surface area (Å²) in [6.07, 6.45) is 2.33. The van der Waals surface area contributed by atoms with E-state index in [2.05, 4.69) is 87.3 Å². The lowest BCUT2D eigenvalue weighted by Crippen LogP contribution is -2.22. The predicted molar refractivity (Wildman–Crippen MR) is 91.9 cm³/mol. The van der Waals surface area contributed by atoms with Crippen molar-refractivity contribution in [3.8, 4) is 0 Å². The van der Waals surface area contributed by atoms with Gasteiger partial charge in [0.2, 0.25) is 0 Å². The monoisotopic (exact) mass is 277 g/mol. The number of hydrogen-bond donors (Lipinski definition) is 0. The lowest BCUT2D eigenvalue weighted by atomic mass is 9.85. The number of fused-ring (bicyclic) bond motifs is 1. The number of nitrogens with zero attached hydrogens (tertiary/aromatic N) is 1. The van der Waals surface area contributed by atoms with Gasteiger partial charge in [-0.3, -0.25) is 0 Å². The molecule has 1 aliphatic rings. The van der Waals surface area contributed by atoms with Gasteiger partial charge in [-0.25, -0.2) is 0 Å². The van der Waals surface area contributed by atoms with Crippen LogP contribution in [0.3, 0.4) is 0 Å². The van der Waals surface area contributed by atoms with Gasteiger partial charge < -0.3 is 4.90 Å². The highest BCUT2D eigenvalue weighted by molar-refractivity contribution is 5.88. The van der Waals surface area contributed by atoms with Crippen LogP contribution in [0, 0.1) is 0 Å². The van der Waals surface area contributed by atoms with E-state index in [0.717, 1.165) is 6.54 Å². The predicted octanol–water partition coefficient (Wildman–Crippen LogP) is 4.87. The van der Waals surface area contributed by atoms with Crippen LogP contribution in [0.25, 0.3) is 5.57 Å². The Hall–Kier alpha value is -2.02. The summed E-state index contributed by atoms with van der Waals surface area (Å²) < 4.78 is 0. The van der Waals surface area contributed by atoms with Gasteiger partial charge in [-0.15, -0.1) is 0 Å². The van der Waals surface area contributed by atoms with Crippen molar-refractivity contribution in [3.63, 3.8) is 0 Å². The number of benzene rings is 2. The van der Waals surface area contributed by atoms with Gasteiger partial charge in [-0.1, -0.05) is 69.3 Å². The van der Waals surface area contributed by atoms with Crippen molar-refractivity contribution in [3.05, 3.63) is 71.3 Å². The molecule has 3 rings (SSSR count). The van der Waals surface area contributed by atoms with Gasteiger partial charge in [0, 0.05) is 24.8 Å². The summed E-state index contributed by atoms with van der Waals surface area (Å²) in [4.78, 5) is 2.29. The van der Waals surface area contributed by atoms with Crippen LogP contribution >= 0.6 is 0 Å². The maximum absolute atomic E-state index is 2.33. The SMILES string of the molecule is CN1CC=C(c2ccc(C(C)(C)C)cc2)c2ccccc21. The van der Waals surface area contributed by atoms with Crippen molar-refractivity contribution in [1.29, 1.82) is 0 Å². The molecule has 0 aromatic heterocycles. The van der Waals surface area contributed by atoms with Crippen LogP contribution in [0.1, 0.15) is 37.5 Å². The molecule has 0 amide bonds. The average Bonchev–Trinajstić information content (AvgIpc) is 2.47. The summed E-state index contributed by atoms with van der Waals surface area (Å²) >= 11 is 0. The molecule has 108 valence electrons. The normalized spacial score (nSPS) is 14.7. The highest BCUT2D eigenvalue weighted by Crippen LogP contribution is 2.35. The summed E-state index contributed by atoms with van der Waals surface area (Å²) in [5.41, 5.74) is 6.89. The first-order chi connectivity index (χ1) is 9.97. The Morgan fingerprint density at radius 1 is 0.905 bits per heavy atom. The molecule has 0 spiro atoms. The highest BCUT2D eigenvalue weighted by atomic mass is 15.1. The van der Waals surface area contributed by atoms with E-state index in [1.54, 1.807) is 0 Å². The van der Waals surface area contributed by atoms with Crippen LogP contribution in [0.5, 0.6) is 0 Å². The van der Waals surface area contributed by atoms with Crippen molar-refractivity contribution in [1.82, 2.24) is 0 Å². The minimum atomic E-state index is 0.206. The van der Waals surface area contributed by atoms with E-state index in [0.29, 0.717) is 0 Å². The largest absolute Gasteiger partial charge is 0.370 e. The van der Waals surface area contributed by atoms with Gasteiger partial charge in [0.1, 0.15) is 0 Å². The van der Waals surface area contributed by atoms with Crippen LogP contribution in [0.2, 0.25) is 0 Å². The smallest absolute Gasteiger partial charge is 0.0446 e. The first-order valence-corrected chi connectivity index (χ1v) is 7.58. The molecule has 2 aromatic rings. The second-order valence-electron chi connectivity index (χ2n) is 6.84. The Bertz CT molecular complexity index is 672. The standard InChI is InChI=1S/C20H23N/c1-20(2,3)16-11-9-15(10-12-16)17-13-14-21(4)19-8-6-5-7-18(17)19/h5-13H,14H2,1-4H3. The zero-order valence-corrected chi connectivity index (χ0v) is 13.4. The second-order valence-corrected chi connectivity index (χ2v) is 6.84. The third kappa shape index (κ3) is 2.61. The fraction of sp³-hybridized carbons (Fsp3) is 0.300. The van der Waals surface area contributed by atoms with Crippen LogP contribution < -0.4 is 4.90 Å². The fourth-order valence-corrected chi connectivity index (χ4v) is 2.89. The Balaban J connectivity index is 2.02. The lowest BCUT2D eigenvalue weighted by molar-refractivity contribution is 0.590. The number of anilines is 1. The van der Waals surface area contributed by atoms with E-state index in [-0.39, 0.29) is 5.41 Å². The second kappa shape index (κ2) is 5.07. The molecule has 0 N–H and O–H groups in total. The molecule has 0 unspecified atom stereocenters. The molecular formula is C20H23N. The molecule has 0 fully saturated rings. The van der Waals surface area contributed by atoms with Crippen molar-refractivity contribution in [2.24, 2.45) is 0 Å². The molecule has 1 heteroatoms. The lowest BCUT2D eigenvalue weighted by Gasteiger charge is -2.28. The Labute approximate surface area is 127 Å². The molecular weight excluding hydrogens is 254 g/mol. The van der Waals surface area contributed by atoms with Gasteiger partial charge in [-0.05, 0) is 28.2 Å². The summed E-state index contributed by atoms with van der Waals surface area (Å²) in [5.74, 6) is 0. The molecule has 1 aliphatic heterocycles. The van der Waals surface area contributed by atoms with Crippen molar-refractivity contribution >= 4 is 11.3 Å². The topological polar surface area (TPSA) is 3.24 Å². The molecule has 1 nitrogen and oxygen atoms in total.